The molecule has 0 bridgehead atoms. The Kier molecular flexibility index (Phi) is 2.95. The molecule has 1 unspecified atom stereocenters. The van der Waals surface area contributed by atoms with E-state index in [1.165, 1.54) is 0 Å². The fraction of sp³-hybridized carbons (Fsp3) is 0.417. The number of fused-ring (bicyclic) bond motifs is 1. The van der Waals surface area contributed by atoms with Crippen LogP contribution in [0.15, 0.2) is 22.6 Å². The zero-order chi connectivity index (χ0) is 12.6. The first-order valence-corrected chi connectivity index (χ1v) is 6.71. The normalized spacial score (nSPS) is 14.1. The first-order valence-electron chi connectivity index (χ1n) is 5.40. The number of aromatic nitrogens is 1. The van der Waals surface area contributed by atoms with Crippen LogP contribution in [-0.4, -0.2) is 13.9 Å². The number of oxazole rings is 1. The van der Waals surface area contributed by atoms with Gasteiger partial charge in [0.2, 0.25) is 5.89 Å². The highest BCUT2D eigenvalue weighted by atomic mass is 32.2. The van der Waals surface area contributed by atoms with Gasteiger partial charge in [-0.3, -0.25) is 4.21 Å². The van der Waals surface area contributed by atoms with Crippen molar-refractivity contribution in [2.75, 3.05) is 5.73 Å². The molecule has 1 aromatic carbocycles. The van der Waals surface area contributed by atoms with E-state index in [-0.39, 0.29) is 4.75 Å². The van der Waals surface area contributed by atoms with Crippen molar-refractivity contribution in [1.29, 1.82) is 0 Å². The van der Waals surface area contributed by atoms with Crippen LogP contribution in [0.4, 0.5) is 5.69 Å². The van der Waals surface area contributed by atoms with Crippen LogP contribution in [0, 0.1) is 0 Å². The minimum absolute atomic E-state index is 0.264. The van der Waals surface area contributed by atoms with E-state index in [1.807, 2.05) is 20.8 Å². The Bertz CT molecular complexity index is 569. The summed E-state index contributed by atoms with van der Waals surface area (Å²) < 4.78 is 17.2. The smallest absolute Gasteiger partial charge is 0.208 e. The van der Waals surface area contributed by atoms with Crippen molar-refractivity contribution < 1.29 is 8.63 Å². The summed E-state index contributed by atoms with van der Waals surface area (Å²) in [5.41, 5.74) is 7.69. The van der Waals surface area contributed by atoms with E-state index in [2.05, 4.69) is 4.98 Å². The van der Waals surface area contributed by atoms with Gasteiger partial charge in [0.15, 0.2) is 5.58 Å². The summed E-state index contributed by atoms with van der Waals surface area (Å²) in [6, 6.07) is 5.30. The number of rotatable bonds is 2. The number of benzene rings is 1. The van der Waals surface area contributed by atoms with Crippen LogP contribution in [0.3, 0.4) is 0 Å². The van der Waals surface area contributed by atoms with Gasteiger partial charge < -0.3 is 10.2 Å². The van der Waals surface area contributed by atoms with Gasteiger partial charge in [-0.15, -0.1) is 0 Å². The molecule has 5 heteroatoms. The fourth-order valence-electron chi connectivity index (χ4n) is 1.38. The summed E-state index contributed by atoms with van der Waals surface area (Å²) in [5.74, 6) is 0.830. The third kappa shape index (κ3) is 2.66. The number of anilines is 1. The summed E-state index contributed by atoms with van der Waals surface area (Å²) in [6.07, 6.45) is 0. The molecule has 1 atom stereocenters. The second kappa shape index (κ2) is 4.14. The molecular formula is C12H16N2O2S. The second-order valence-corrected chi connectivity index (χ2v) is 7.14. The summed E-state index contributed by atoms with van der Waals surface area (Å²) in [7, 11) is -1.01. The number of hydrogen-bond acceptors (Lipinski definition) is 4. The molecule has 2 aromatic rings. The average molecular weight is 252 g/mol. The molecule has 2 rings (SSSR count). The third-order valence-corrected chi connectivity index (χ3v) is 4.27. The van der Waals surface area contributed by atoms with Gasteiger partial charge in [-0.1, -0.05) is 0 Å². The molecule has 2 N–H and O–H groups in total. The zero-order valence-electron chi connectivity index (χ0n) is 10.2. The Balaban J connectivity index is 2.29. The first kappa shape index (κ1) is 12.1. The highest BCUT2D eigenvalue weighted by molar-refractivity contribution is 7.85. The number of hydrogen-bond donors (Lipinski definition) is 1. The Hall–Kier alpha value is -1.36. The van der Waals surface area contributed by atoms with Crippen molar-refractivity contribution in [3.05, 3.63) is 24.1 Å². The molecule has 1 aromatic heterocycles. The predicted molar refractivity (Wildman–Crippen MR) is 70.0 cm³/mol. The van der Waals surface area contributed by atoms with Gasteiger partial charge >= 0.3 is 0 Å². The van der Waals surface area contributed by atoms with E-state index >= 15 is 0 Å². The van der Waals surface area contributed by atoms with E-state index in [9.17, 15) is 4.21 Å². The van der Waals surface area contributed by atoms with Gasteiger partial charge in [-0.2, -0.15) is 0 Å². The van der Waals surface area contributed by atoms with E-state index in [0.29, 0.717) is 22.9 Å². The van der Waals surface area contributed by atoms with E-state index in [4.69, 9.17) is 10.2 Å². The largest absolute Gasteiger partial charge is 0.440 e. The Labute approximate surface area is 103 Å². The van der Waals surface area contributed by atoms with Crippen LogP contribution in [0.1, 0.15) is 26.7 Å². The quantitative estimate of drug-likeness (QED) is 0.833. The second-order valence-electron chi connectivity index (χ2n) is 4.94. The Morgan fingerprint density at radius 2 is 2.12 bits per heavy atom. The number of nitrogens with two attached hydrogens (primary N) is 1. The minimum Gasteiger partial charge on any atom is -0.440 e. The van der Waals surface area contributed by atoms with Crippen LogP contribution in [0.2, 0.25) is 0 Å². The van der Waals surface area contributed by atoms with Gasteiger partial charge in [0, 0.05) is 27.3 Å². The van der Waals surface area contributed by atoms with Crippen LogP contribution in [0.5, 0.6) is 0 Å². The zero-order valence-corrected chi connectivity index (χ0v) is 11.0. The Morgan fingerprint density at radius 3 is 2.76 bits per heavy atom. The van der Waals surface area contributed by atoms with Crippen molar-refractivity contribution in [3.63, 3.8) is 0 Å². The van der Waals surface area contributed by atoms with Gasteiger partial charge in [0.1, 0.15) is 11.3 Å². The van der Waals surface area contributed by atoms with E-state index < -0.39 is 10.8 Å². The summed E-state index contributed by atoms with van der Waals surface area (Å²) in [5, 5.41) is 0. The lowest BCUT2D eigenvalue weighted by Gasteiger charge is -2.15. The van der Waals surface area contributed by atoms with Gasteiger partial charge in [-0.05, 0) is 32.9 Å². The molecule has 0 radical (unpaired) electrons. The minimum atomic E-state index is -1.01. The van der Waals surface area contributed by atoms with Crippen molar-refractivity contribution >= 4 is 27.6 Å². The molecule has 0 amide bonds. The average Bonchev–Trinajstić information content (AvgIpc) is 2.57. The molecule has 92 valence electrons. The SMILES string of the molecule is CC(C)(C)S(=O)Cc1nc2ccc(N)cc2o1. The molecule has 0 aliphatic heterocycles. The summed E-state index contributed by atoms with van der Waals surface area (Å²) in [4.78, 5) is 4.29. The van der Waals surface area contributed by atoms with Gasteiger partial charge in [0.05, 0.1) is 0 Å². The molecule has 0 aliphatic rings. The fourth-order valence-corrected chi connectivity index (χ4v) is 2.16. The van der Waals surface area contributed by atoms with Gasteiger partial charge in [-0.25, -0.2) is 4.98 Å². The lowest BCUT2D eigenvalue weighted by molar-refractivity contribution is 0.549. The monoisotopic (exact) mass is 252 g/mol. The lowest BCUT2D eigenvalue weighted by Crippen LogP contribution is -2.23. The van der Waals surface area contributed by atoms with Crippen LogP contribution in [-0.2, 0) is 16.6 Å². The highest BCUT2D eigenvalue weighted by Crippen LogP contribution is 2.21. The van der Waals surface area contributed by atoms with Crippen LogP contribution >= 0.6 is 0 Å². The lowest BCUT2D eigenvalue weighted by atomic mass is 10.3. The first-order chi connectivity index (χ1) is 7.86. The highest BCUT2D eigenvalue weighted by Gasteiger charge is 2.21. The molecule has 0 saturated carbocycles. The maximum Gasteiger partial charge on any atom is 0.208 e. The van der Waals surface area contributed by atoms with E-state index in [1.54, 1.807) is 18.2 Å². The van der Waals surface area contributed by atoms with Crippen LogP contribution < -0.4 is 5.73 Å². The number of nitrogens with zero attached hydrogens (tertiary/aromatic N) is 1. The van der Waals surface area contributed by atoms with Crippen molar-refractivity contribution in [2.45, 2.75) is 31.3 Å². The maximum atomic E-state index is 12.0. The summed E-state index contributed by atoms with van der Waals surface area (Å²) >= 11 is 0. The van der Waals surface area contributed by atoms with Crippen molar-refractivity contribution in [1.82, 2.24) is 4.98 Å². The molecule has 0 spiro atoms. The van der Waals surface area contributed by atoms with E-state index in [0.717, 1.165) is 5.52 Å². The standard InChI is InChI=1S/C12H16N2O2S/c1-12(2,3)17(15)7-11-14-9-5-4-8(13)6-10(9)16-11/h4-6H,7,13H2,1-3H3. The molecule has 0 saturated heterocycles. The van der Waals surface area contributed by atoms with Crippen molar-refractivity contribution in [2.24, 2.45) is 0 Å². The van der Waals surface area contributed by atoms with Crippen molar-refractivity contribution in [3.8, 4) is 0 Å². The van der Waals surface area contributed by atoms with Crippen LogP contribution in [0.25, 0.3) is 11.1 Å². The maximum absolute atomic E-state index is 12.0. The molecule has 17 heavy (non-hydrogen) atoms. The molecule has 0 fully saturated rings. The summed E-state index contributed by atoms with van der Waals surface area (Å²) in [6.45, 7) is 5.80. The van der Waals surface area contributed by atoms with Gasteiger partial charge in [0.25, 0.3) is 0 Å². The Morgan fingerprint density at radius 1 is 1.41 bits per heavy atom. The molecule has 4 nitrogen and oxygen atoms in total. The molecule has 0 aliphatic carbocycles. The topological polar surface area (TPSA) is 69.1 Å². The molecular weight excluding hydrogens is 236 g/mol. The number of nitrogen functional groups attached to an aromatic ring is 1. The third-order valence-electron chi connectivity index (χ3n) is 2.39. The predicted octanol–water partition coefficient (Wildman–Crippen LogP) is 2.46. The molecule has 1 heterocycles.